The fraction of sp³-hybridized carbons (Fsp3) is 0.200. The van der Waals surface area contributed by atoms with Crippen LogP contribution in [-0.2, 0) is 6.42 Å². The van der Waals surface area contributed by atoms with E-state index in [0.29, 0.717) is 12.3 Å². The van der Waals surface area contributed by atoms with Gasteiger partial charge in [0.25, 0.3) is 6.43 Å². The topological polar surface area (TPSA) is 9.23 Å². The quantitative estimate of drug-likeness (QED) is 0.395. The van der Waals surface area contributed by atoms with Gasteiger partial charge >= 0.3 is 0 Å². The zero-order valence-corrected chi connectivity index (χ0v) is 13.5. The van der Waals surface area contributed by atoms with Crippen LogP contribution in [0.25, 0.3) is 0 Å². The van der Waals surface area contributed by atoms with Crippen LogP contribution in [0.2, 0.25) is 0 Å². The van der Waals surface area contributed by atoms with Crippen molar-refractivity contribution in [3.63, 3.8) is 0 Å². The summed E-state index contributed by atoms with van der Waals surface area (Å²) in [5.41, 5.74) is 2.04. The van der Waals surface area contributed by atoms with E-state index in [9.17, 15) is 17.6 Å². The largest absolute Gasteiger partial charge is 0.459 e. The minimum absolute atomic E-state index is 0.123. The number of hydrogen-bond acceptors (Lipinski definition) is 1. The summed E-state index contributed by atoms with van der Waals surface area (Å²) >= 11 is 0. The van der Waals surface area contributed by atoms with Crippen LogP contribution in [0.4, 0.5) is 17.6 Å². The number of halogens is 4. The molecule has 130 valence electrons. The standard InChI is InChI=1S/C20H16F4O/c1-2-3-14-4-6-15(7-5-14)8-9-16-12-17(21)20(18(22)13-16)25-11-10-19(23)24/h4-7,10-13,19H,2-3H2,1H3/b11-10+. The molecule has 0 saturated carbocycles. The number of benzene rings is 2. The molecule has 25 heavy (non-hydrogen) atoms. The molecule has 0 atom stereocenters. The smallest absolute Gasteiger partial charge is 0.260 e. The Bertz CT molecular complexity index is 776. The molecule has 0 fully saturated rings. The lowest BCUT2D eigenvalue weighted by atomic mass is 10.1. The van der Waals surface area contributed by atoms with Crippen LogP contribution in [0.15, 0.2) is 48.7 Å². The van der Waals surface area contributed by atoms with Gasteiger partial charge in [-0.1, -0.05) is 37.3 Å². The first kappa shape index (κ1) is 18.6. The second-order valence-corrected chi connectivity index (χ2v) is 5.25. The molecule has 0 aromatic heterocycles. The maximum absolute atomic E-state index is 13.8. The zero-order valence-electron chi connectivity index (χ0n) is 13.5. The third kappa shape index (κ3) is 5.68. The highest BCUT2D eigenvalue weighted by molar-refractivity contribution is 5.46. The Hall–Kier alpha value is -2.74. The first-order chi connectivity index (χ1) is 12.0. The predicted octanol–water partition coefficient (Wildman–Crippen LogP) is 5.47. The molecule has 2 aromatic carbocycles. The molecular weight excluding hydrogens is 332 g/mol. The maximum Gasteiger partial charge on any atom is 0.260 e. The second kappa shape index (κ2) is 8.93. The summed E-state index contributed by atoms with van der Waals surface area (Å²) in [5.74, 6) is 2.73. The molecule has 2 aromatic rings. The van der Waals surface area contributed by atoms with Gasteiger partial charge < -0.3 is 4.74 Å². The Morgan fingerprint density at radius 1 is 1.00 bits per heavy atom. The Morgan fingerprint density at radius 2 is 1.60 bits per heavy atom. The highest BCUT2D eigenvalue weighted by atomic mass is 19.3. The molecule has 0 N–H and O–H groups in total. The normalized spacial score (nSPS) is 10.8. The fourth-order valence-electron chi connectivity index (χ4n) is 2.10. The molecule has 0 amide bonds. The van der Waals surface area contributed by atoms with E-state index in [-0.39, 0.29) is 5.56 Å². The van der Waals surface area contributed by atoms with Gasteiger partial charge in [0.15, 0.2) is 17.4 Å². The number of hydrogen-bond donors (Lipinski definition) is 0. The molecule has 0 aliphatic rings. The number of allylic oxidation sites excluding steroid dienone is 1. The molecule has 0 spiro atoms. The number of rotatable bonds is 5. The molecule has 0 saturated heterocycles. The van der Waals surface area contributed by atoms with E-state index >= 15 is 0 Å². The third-order valence-corrected chi connectivity index (χ3v) is 3.25. The molecule has 2 rings (SSSR count). The van der Waals surface area contributed by atoms with Crippen molar-refractivity contribution in [3.8, 4) is 17.6 Å². The van der Waals surface area contributed by atoms with Gasteiger partial charge in [0.05, 0.1) is 6.26 Å². The molecule has 5 heteroatoms. The Balaban J connectivity index is 2.16. The highest BCUT2D eigenvalue weighted by Crippen LogP contribution is 2.23. The monoisotopic (exact) mass is 348 g/mol. The lowest BCUT2D eigenvalue weighted by Crippen LogP contribution is -1.94. The molecule has 0 radical (unpaired) electrons. The van der Waals surface area contributed by atoms with E-state index in [0.717, 1.165) is 30.5 Å². The van der Waals surface area contributed by atoms with Gasteiger partial charge in [0.1, 0.15) is 0 Å². The van der Waals surface area contributed by atoms with Gasteiger partial charge in [-0.15, -0.1) is 0 Å². The maximum atomic E-state index is 13.8. The average molecular weight is 348 g/mol. The van der Waals surface area contributed by atoms with E-state index in [1.54, 1.807) is 0 Å². The van der Waals surface area contributed by atoms with Crippen LogP contribution in [0.3, 0.4) is 0 Å². The summed E-state index contributed by atoms with van der Waals surface area (Å²) in [6.07, 6.45) is 0.195. The first-order valence-electron chi connectivity index (χ1n) is 7.71. The van der Waals surface area contributed by atoms with Crippen LogP contribution >= 0.6 is 0 Å². The minimum atomic E-state index is -2.76. The van der Waals surface area contributed by atoms with Crippen LogP contribution in [0.5, 0.6) is 5.75 Å². The van der Waals surface area contributed by atoms with Crippen molar-refractivity contribution in [2.24, 2.45) is 0 Å². The van der Waals surface area contributed by atoms with E-state index < -0.39 is 23.8 Å². The lowest BCUT2D eigenvalue weighted by molar-refractivity contribution is 0.200. The number of alkyl halides is 2. The van der Waals surface area contributed by atoms with E-state index in [1.165, 1.54) is 5.56 Å². The zero-order chi connectivity index (χ0) is 18.2. The van der Waals surface area contributed by atoms with Crippen molar-refractivity contribution in [1.29, 1.82) is 0 Å². The van der Waals surface area contributed by atoms with Crippen molar-refractivity contribution in [2.45, 2.75) is 26.2 Å². The summed E-state index contributed by atoms with van der Waals surface area (Å²) in [7, 11) is 0. The van der Waals surface area contributed by atoms with Gasteiger partial charge in [-0.25, -0.2) is 17.6 Å². The lowest BCUT2D eigenvalue weighted by Gasteiger charge is -2.04. The Kier molecular flexibility index (Phi) is 6.64. The molecule has 0 bridgehead atoms. The predicted molar refractivity (Wildman–Crippen MR) is 88.5 cm³/mol. The van der Waals surface area contributed by atoms with E-state index in [2.05, 4.69) is 23.5 Å². The SMILES string of the molecule is CCCc1ccc(C#Cc2cc(F)c(O/C=C/C(F)F)c(F)c2)cc1. The molecule has 0 unspecified atom stereocenters. The van der Waals surface area contributed by atoms with Crippen LogP contribution < -0.4 is 4.74 Å². The summed E-state index contributed by atoms with van der Waals surface area (Å²) in [6, 6.07) is 9.59. The molecular formula is C20H16F4O. The first-order valence-corrected chi connectivity index (χ1v) is 7.71. The second-order valence-electron chi connectivity index (χ2n) is 5.25. The van der Waals surface area contributed by atoms with Gasteiger partial charge in [-0.2, -0.15) is 0 Å². The fourth-order valence-corrected chi connectivity index (χ4v) is 2.10. The molecule has 0 aliphatic carbocycles. The van der Waals surface area contributed by atoms with Gasteiger partial charge in [0, 0.05) is 17.2 Å². The third-order valence-electron chi connectivity index (χ3n) is 3.25. The van der Waals surface area contributed by atoms with Crippen molar-refractivity contribution in [1.82, 2.24) is 0 Å². The van der Waals surface area contributed by atoms with Crippen LogP contribution in [-0.4, -0.2) is 6.43 Å². The summed E-state index contributed by atoms with van der Waals surface area (Å²) in [5, 5.41) is 0. The van der Waals surface area contributed by atoms with Gasteiger partial charge in [0.2, 0.25) is 0 Å². The van der Waals surface area contributed by atoms with Gasteiger partial charge in [-0.05, 0) is 36.2 Å². The molecule has 0 aliphatic heterocycles. The van der Waals surface area contributed by atoms with Crippen molar-refractivity contribution in [2.75, 3.05) is 0 Å². The highest BCUT2D eigenvalue weighted by Gasteiger charge is 2.11. The molecule has 0 heterocycles. The van der Waals surface area contributed by atoms with Crippen molar-refractivity contribution in [3.05, 3.63) is 77.1 Å². The van der Waals surface area contributed by atoms with Gasteiger partial charge in [-0.3, -0.25) is 0 Å². The average Bonchev–Trinajstić information content (AvgIpc) is 2.57. The minimum Gasteiger partial charge on any atom is -0.459 e. The molecule has 1 nitrogen and oxygen atoms in total. The van der Waals surface area contributed by atoms with Crippen LogP contribution in [0, 0.1) is 23.5 Å². The summed E-state index contributed by atoms with van der Waals surface area (Å²) in [4.78, 5) is 0. The van der Waals surface area contributed by atoms with E-state index in [1.807, 2.05) is 24.3 Å². The van der Waals surface area contributed by atoms with Crippen molar-refractivity contribution < 1.29 is 22.3 Å². The summed E-state index contributed by atoms with van der Waals surface area (Å²) < 4.78 is 56.2. The van der Waals surface area contributed by atoms with Crippen LogP contribution in [0.1, 0.15) is 30.0 Å². The van der Waals surface area contributed by atoms with E-state index in [4.69, 9.17) is 0 Å². The number of aryl methyl sites for hydroxylation is 1. The number of ether oxygens (including phenoxy) is 1. The van der Waals surface area contributed by atoms with Crippen molar-refractivity contribution >= 4 is 0 Å². The Labute approximate surface area is 143 Å². The summed E-state index contributed by atoms with van der Waals surface area (Å²) in [6.45, 7) is 2.09. The Morgan fingerprint density at radius 3 is 2.16 bits per heavy atom.